The molecule has 2 fully saturated rings. The average Bonchev–Trinajstić information content (AvgIpc) is 3.02. The van der Waals surface area contributed by atoms with Crippen molar-refractivity contribution in [1.82, 2.24) is 5.32 Å². The van der Waals surface area contributed by atoms with Gasteiger partial charge in [0, 0.05) is 11.7 Å². The lowest BCUT2D eigenvalue weighted by Gasteiger charge is -2.28. The van der Waals surface area contributed by atoms with Crippen LogP contribution in [0.1, 0.15) is 32.6 Å². The number of rotatable bonds is 3. The van der Waals surface area contributed by atoms with Gasteiger partial charge < -0.3 is 10.6 Å². The molecule has 102 valence electrons. The summed E-state index contributed by atoms with van der Waals surface area (Å²) >= 11 is 0. The molecule has 3 heteroatoms. The van der Waals surface area contributed by atoms with Crippen LogP contribution in [-0.4, -0.2) is 12.1 Å². The number of hydrogen-bond acceptors (Lipinski definition) is 1. The van der Waals surface area contributed by atoms with E-state index in [1.54, 1.807) is 0 Å². The summed E-state index contributed by atoms with van der Waals surface area (Å²) in [5, 5.41) is 6.00. The third-order valence-corrected chi connectivity index (χ3v) is 4.83. The van der Waals surface area contributed by atoms with Gasteiger partial charge in [-0.05, 0) is 56.1 Å². The fourth-order valence-corrected chi connectivity index (χ4v) is 3.91. The Balaban J connectivity index is 1.52. The summed E-state index contributed by atoms with van der Waals surface area (Å²) in [5.41, 5.74) is 0.847. The van der Waals surface area contributed by atoms with E-state index in [-0.39, 0.29) is 12.1 Å². The van der Waals surface area contributed by atoms with Gasteiger partial charge in [-0.25, -0.2) is 4.79 Å². The van der Waals surface area contributed by atoms with Gasteiger partial charge in [0.05, 0.1) is 0 Å². The summed E-state index contributed by atoms with van der Waals surface area (Å²) in [5.74, 6) is 2.45. The molecule has 19 heavy (non-hydrogen) atoms. The van der Waals surface area contributed by atoms with Crippen molar-refractivity contribution in [3.05, 3.63) is 30.3 Å². The first kappa shape index (κ1) is 12.5. The van der Waals surface area contributed by atoms with Gasteiger partial charge in [0.2, 0.25) is 0 Å². The van der Waals surface area contributed by atoms with Crippen LogP contribution in [-0.2, 0) is 0 Å². The summed E-state index contributed by atoms with van der Waals surface area (Å²) in [7, 11) is 0. The standard InChI is InChI=1S/C16H22N2O/c1-11(15-10-12-7-8-13(15)9-12)17-16(19)18-14-5-3-2-4-6-14/h2-6,11-13,15H,7-10H2,1H3,(H2,17,18,19)/t11-,12+,13+,15+/m1/s1. The first-order valence-corrected chi connectivity index (χ1v) is 7.35. The van der Waals surface area contributed by atoms with Crippen LogP contribution >= 0.6 is 0 Å². The predicted molar refractivity (Wildman–Crippen MR) is 77.0 cm³/mol. The monoisotopic (exact) mass is 258 g/mol. The molecule has 2 saturated carbocycles. The van der Waals surface area contributed by atoms with Gasteiger partial charge in [-0.3, -0.25) is 0 Å². The number of nitrogens with one attached hydrogen (secondary N) is 2. The molecule has 3 nitrogen and oxygen atoms in total. The van der Waals surface area contributed by atoms with Crippen LogP contribution in [0.25, 0.3) is 0 Å². The Labute approximate surface area is 114 Å². The number of anilines is 1. The molecule has 2 bridgehead atoms. The normalized spacial score (nSPS) is 30.1. The van der Waals surface area contributed by atoms with Gasteiger partial charge in [-0.1, -0.05) is 24.6 Å². The van der Waals surface area contributed by atoms with Gasteiger partial charge >= 0.3 is 6.03 Å². The first-order valence-electron chi connectivity index (χ1n) is 7.35. The molecule has 3 rings (SSSR count). The van der Waals surface area contributed by atoms with E-state index in [1.807, 2.05) is 30.3 Å². The molecule has 2 aliphatic rings. The smallest absolute Gasteiger partial charge is 0.319 e. The maximum Gasteiger partial charge on any atom is 0.319 e. The molecule has 0 aliphatic heterocycles. The summed E-state index contributed by atoms with van der Waals surface area (Å²) in [6, 6.07) is 9.80. The second-order valence-electron chi connectivity index (χ2n) is 6.09. The number of carbonyl (C=O) groups excluding carboxylic acids is 1. The Kier molecular flexibility index (Phi) is 3.45. The maximum absolute atomic E-state index is 12.0. The van der Waals surface area contributed by atoms with Crippen LogP contribution in [0.3, 0.4) is 0 Å². The fraction of sp³-hybridized carbons (Fsp3) is 0.562. The van der Waals surface area contributed by atoms with Crippen LogP contribution in [0, 0.1) is 17.8 Å². The zero-order valence-electron chi connectivity index (χ0n) is 11.4. The Bertz CT molecular complexity index is 445. The first-order chi connectivity index (χ1) is 9.22. The quantitative estimate of drug-likeness (QED) is 0.854. The highest BCUT2D eigenvalue weighted by Gasteiger charge is 2.42. The number of amides is 2. The fourth-order valence-electron chi connectivity index (χ4n) is 3.91. The molecule has 1 aromatic rings. The third-order valence-electron chi connectivity index (χ3n) is 4.83. The van der Waals surface area contributed by atoms with E-state index < -0.39 is 0 Å². The minimum absolute atomic E-state index is 0.0820. The van der Waals surface area contributed by atoms with Crippen LogP contribution in [0.4, 0.5) is 10.5 Å². The lowest BCUT2D eigenvalue weighted by molar-refractivity contribution is 0.230. The summed E-state index contributed by atoms with van der Waals surface area (Å²) in [6.07, 6.45) is 5.46. The molecule has 1 aromatic carbocycles. The molecule has 2 aliphatic carbocycles. The summed E-state index contributed by atoms with van der Waals surface area (Å²) in [6.45, 7) is 2.15. The number of para-hydroxylation sites is 1. The molecule has 0 unspecified atom stereocenters. The van der Waals surface area contributed by atoms with Gasteiger partial charge in [0.25, 0.3) is 0 Å². The van der Waals surface area contributed by atoms with E-state index in [0.29, 0.717) is 5.92 Å². The van der Waals surface area contributed by atoms with Gasteiger partial charge in [0.15, 0.2) is 0 Å². The zero-order chi connectivity index (χ0) is 13.2. The van der Waals surface area contributed by atoms with Crippen molar-refractivity contribution in [2.24, 2.45) is 17.8 Å². The van der Waals surface area contributed by atoms with E-state index in [2.05, 4.69) is 17.6 Å². The molecule has 0 heterocycles. The van der Waals surface area contributed by atoms with E-state index in [4.69, 9.17) is 0 Å². The molecule has 0 spiro atoms. The Morgan fingerprint density at radius 3 is 2.63 bits per heavy atom. The minimum atomic E-state index is -0.0820. The van der Waals surface area contributed by atoms with Crippen molar-refractivity contribution in [3.8, 4) is 0 Å². The van der Waals surface area contributed by atoms with Crippen LogP contribution < -0.4 is 10.6 Å². The predicted octanol–water partition coefficient (Wildman–Crippen LogP) is 3.63. The largest absolute Gasteiger partial charge is 0.335 e. The number of benzene rings is 1. The second kappa shape index (κ2) is 5.24. The SMILES string of the molecule is C[C@@H](NC(=O)Nc1ccccc1)[C@@H]1C[C@H]2CC[C@H]1C2. The molecule has 2 N–H and O–H groups in total. The van der Waals surface area contributed by atoms with Crippen LogP contribution in [0.15, 0.2) is 30.3 Å². The van der Waals surface area contributed by atoms with E-state index in [9.17, 15) is 4.79 Å². The minimum Gasteiger partial charge on any atom is -0.335 e. The lowest BCUT2D eigenvalue weighted by Crippen LogP contribution is -2.42. The van der Waals surface area contributed by atoms with E-state index >= 15 is 0 Å². The van der Waals surface area contributed by atoms with Crippen molar-refractivity contribution in [2.45, 2.75) is 38.6 Å². The van der Waals surface area contributed by atoms with E-state index in [1.165, 1.54) is 25.7 Å². The topological polar surface area (TPSA) is 41.1 Å². The van der Waals surface area contributed by atoms with Gasteiger partial charge in [0.1, 0.15) is 0 Å². The molecular weight excluding hydrogens is 236 g/mol. The Hall–Kier alpha value is -1.51. The highest BCUT2D eigenvalue weighted by molar-refractivity contribution is 5.89. The lowest BCUT2D eigenvalue weighted by atomic mass is 9.84. The number of fused-ring (bicyclic) bond motifs is 2. The van der Waals surface area contributed by atoms with Gasteiger partial charge in [-0.2, -0.15) is 0 Å². The molecule has 2 amide bonds. The highest BCUT2D eigenvalue weighted by Crippen LogP contribution is 2.49. The number of hydrogen-bond donors (Lipinski definition) is 2. The average molecular weight is 258 g/mol. The second-order valence-corrected chi connectivity index (χ2v) is 6.09. The van der Waals surface area contributed by atoms with Crippen molar-refractivity contribution < 1.29 is 4.79 Å². The summed E-state index contributed by atoms with van der Waals surface area (Å²) in [4.78, 5) is 12.0. The number of carbonyl (C=O) groups is 1. The van der Waals surface area contributed by atoms with Crippen molar-refractivity contribution in [2.75, 3.05) is 5.32 Å². The molecular formula is C16H22N2O. The maximum atomic E-state index is 12.0. The van der Waals surface area contributed by atoms with Crippen molar-refractivity contribution in [1.29, 1.82) is 0 Å². The highest BCUT2D eigenvalue weighted by atomic mass is 16.2. The number of urea groups is 1. The van der Waals surface area contributed by atoms with Crippen molar-refractivity contribution in [3.63, 3.8) is 0 Å². The third kappa shape index (κ3) is 2.75. The molecule has 0 aromatic heterocycles. The van der Waals surface area contributed by atoms with Crippen LogP contribution in [0.2, 0.25) is 0 Å². The van der Waals surface area contributed by atoms with Gasteiger partial charge in [-0.15, -0.1) is 0 Å². The Morgan fingerprint density at radius 2 is 2.00 bits per heavy atom. The summed E-state index contributed by atoms with van der Waals surface area (Å²) < 4.78 is 0. The molecule has 4 atom stereocenters. The van der Waals surface area contributed by atoms with Crippen molar-refractivity contribution >= 4 is 11.7 Å². The van der Waals surface area contributed by atoms with Crippen LogP contribution in [0.5, 0.6) is 0 Å². The molecule has 0 radical (unpaired) electrons. The zero-order valence-corrected chi connectivity index (χ0v) is 11.4. The molecule has 0 saturated heterocycles. The Morgan fingerprint density at radius 1 is 1.21 bits per heavy atom. The van der Waals surface area contributed by atoms with E-state index in [0.717, 1.165) is 17.5 Å².